The lowest BCUT2D eigenvalue weighted by Gasteiger charge is -2.48. The molecule has 8 nitrogen and oxygen atoms in total. The molecule has 1 N–H and O–H groups in total. The molecule has 278 valence electrons. The minimum Gasteiger partial charge on any atom is -0.444 e. The molecule has 2 aliphatic heterocycles. The van der Waals surface area contributed by atoms with Gasteiger partial charge < -0.3 is 24.5 Å². The second-order valence-corrected chi connectivity index (χ2v) is 14.4. The van der Waals surface area contributed by atoms with Crippen LogP contribution in [0.15, 0.2) is 60.9 Å². The van der Waals surface area contributed by atoms with Gasteiger partial charge in [0.2, 0.25) is 5.95 Å². The van der Waals surface area contributed by atoms with Crippen LogP contribution >= 0.6 is 0 Å². The van der Waals surface area contributed by atoms with Gasteiger partial charge in [-0.2, -0.15) is 26.3 Å². The number of halogens is 6. The first-order chi connectivity index (χ1) is 23.9. The average Bonchev–Trinajstić information content (AvgIpc) is 3.06. The fourth-order valence-corrected chi connectivity index (χ4v) is 6.97. The predicted molar refractivity (Wildman–Crippen MR) is 181 cm³/mol. The highest BCUT2D eigenvalue weighted by atomic mass is 19.4. The molecule has 51 heavy (non-hydrogen) atoms. The fraction of sp³-hybridized carbons (Fsp3) is 0.541. The van der Waals surface area contributed by atoms with Gasteiger partial charge in [-0.3, -0.25) is 0 Å². The number of likely N-dealkylation sites (tertiary alicyclic amines) is 1. The van der Waals surface area contributed by atoms with Gasteiger partial charge in [0.15, 0.2) is 0 Å². The van der Waals surface area contributed by atoms with E-state index in [0.717, 1.165) is 17.7 Å². The minimum atomic E-state index is -5.01. The lowest BCUT2D eigenvalue weighted by Crippen LogP contribution is -2.58. The Bertz CT molecular complexity index is 1570. The van der Waals surface area contributed by atoms with Crippen molar-refractivity contribution in [1.29, 1.82) is 0 Å². The average molecular weight is 722 g/mol. The Morgan fingerprint density at radius 3 is 1.98 bits per heavy atom. The maximum atomic E-state index is 13.9. The van der Waals surface area contributed by atoms with Gasteiger partial charge in [-0.15, -0.1) is 0 Å². The zero-order chi connectivity index (χ0) is 37.1. The third kappa shape index (κ3) is 9.84. The number of hydrogen-bond acceptors (Lipinski definition) is 7. The van der Waals surface area contributed by atoms with Crippen LogP contribution in [0.5, 0.6) is 0 Å². The number of alkyl halides is 6. The second kappa shape index (κ2) is 15.3. The number of aromatic nitrogens is 2. The molecule has 2 aromatic carbocycles. The molecule has 0 spiro atoms. The number of carbonyl (C=O) groups is 1. The van der Waals surface area contributed by atoms with Crippen molar-refractivity contribution in [3.63, 3.8) is 0 Å². The molecule has 3 atom stereocenters. The van der Waals surface area contributed by atoms with Crippen LogP contribution in [-0.4, -0.2) is 69.0 Å². The zero-order valence-corrected chi connectivity index (χ0v) is 29.2. The predicted octanol–water partition coefficient (Wildman–Crippen LogP) is 8.27. The van der Waals surface area contributed by atoms with E-state index in [1.165, 1.54) is 0 Å². The number of hydrogen-bond donors (Lipinski definition) is 1. The van der Waals surface area contributed by atoms with Crippen LogP contribution in [0.4, 0.5) is 42.8 Å². The Kier molecular flexibility index (Phi) is 11.4. The molecule has 3 heterocycles. The number of rotatable bonds is 8. The van der Waals surface area contributed by atoms with Crippen molar-refractivity contribution < 1.29 is 41.0 Å². The van der Waals surface area contributed by atoms with Crippen molar-refractivity contribution in [2.75, 3.05) is 22.9 Å². The van der Waals surface area contributed by atoms with Gasteiger partial charge in [-0.1, -0.05) is 37.3 Å². The largest absolute Gasteiger partial charge is 0.444 e. The van der Waals surface area contributed by atoms with Gasteiger partial charge in [-0.05, 0) is 88.6 Å². The highest BCUT2D eigenvalue weighted by Gasteiger charge is 2.43. The molecule has 2 fully saturated rings. The monoisotopic (exact) mass is 721 g/mol. The van der Waals surface area contributed by atoms with E-state index in [1.54, 1.807) is 43.0 Å². The topological polar surface area (TPSA) is 82.0 Å². The smallest absolute Gasteiger partial charge is 0.416 e. The molecule has 1 amide bonds. The molecule has 5 rings (SSSR count). The van der Waals surface area contributed by atoms with E-state index in [2.05, 4.69) is 9.97 Å². The molecule has 2 aliphatic rings. The maximum Gasteiger partial charge on any atom is 0.416 e. The third-order valence-electron chi connectivity index (χ3n) is 9.42. The molecule has 0 unspecified atom stereocenters. The Labute approximate surface area is 294 Å². The van der Waals surface area contributed by atoms with E-state index >= 15 is 0 Å². The normalized spacial score (nSPS) is 20.7. The van der Waals surface area contributed by atoms with Crippen LogP contribution in [0, 0.1) is 0 Å². The summed E-state index contributed by atoms with van der Waals surface area (Å²) < 4.78 is 89.3. The molecule has 3 aromatic rings. The van der Waals surface area contributed by atoms with Crippen molar-refractivity contribution in [3.05, 3.63) is 83.2 Å². The van der Waals surface area contributed by atoms with Crippen LogP contribution in [0.25, 0.3) is 0 Å². The summed E-state index contributed by atoms with van der Waals surface area (Å²) in [5.74, 6) is 0.144. The van der Waals surface area contributed by atoms with Crippen molar-refractivity contribution in [2.45, 2.75) is 115 Å². The SMILES string of the molecule is CC[C@@H]1C[C@H](N(Cc2cc(C(F)(F)F)cc(C(F)(F)F)c2)c2ncc(N3CCC(O)CC3)cn2)C[C@H](Cc2ccccc2)N1C(=O)OC(C)(C)C. The lowest BCUT2D eigenvalue weighted by molar-refractivity contribution is -0.143. The molecule has 2 saturated heterocycles. The number of piperidine rings is 2. The number of anilines is 2. The summed E-state index contributed by atoms with van der Waals surface area (Å²) in [7, 11) is 0. The standard InChI is InChI=1S/C37H45F6N5O3/c1-5-28-19-29(20-30(17-24-9-7-6-8-10-24)48(28)34(50)51-35(2,3)4)47(33-44-21-31(22-45-33)46-13-11-32(49)12-14-46)23-25-15-26(36(38,39)40)18-27(16-25)37(41,42)43/h6-10,15-16,18,21-22,28-30,32,49H,5,11-14,17,19-20,23H2,1-4H3/t28-,29+,30+/m1/s1. The summed E-state index contributed by atoms with van der Waals surface area (Å²) in [6.07, 6.45) is -4.92. The fourth-order valence-electron chi connectivity index (χ4n) is 6.97. The van der Waals surface area contributed by atoms with Crippen molar-refractivity contribution in [3.8, 4) is 0 Å². The Balaban J connectivity index is 1.56. The van der Waals surface area contributed by atoms with Crippen LogP contribution in [0.3, 0.4) is 0 Å². The summed E-state index contributed by atoms with van der Waals surface area (Å²) in [6.45, 7) is 8.10. The number of aliphatic hydroxyl groups is 1. The Hall–Kier alpha value is -4.07. The molecule has 1 aromatic heterocycles. The zero-order valence-electron chi connectivity index (χ0n) is 29.2. The van der Waals surface area contributed by atoms with Gasteiger partial charge in [0.1, 0.15) is 5.60 Å². The highest BCUT2D eigenvalue weighted by molar-refractivity contribution is 5.69. The maximum absolute atomic E-state index is 13.9. The van der Waals surface area contributed by atoms with Crippen LogP contribution in [0.1, 0.15) is 82.1 Å². The molecular formula is C37H45F6N5O3. The van der Waals surface area contributed by atoms with Gasteiger partial charge >= 0.3 is 18.4 Å². The highest BCUT2D eigenvalue weighted by Crippen LogP contribution is 2.39. The number of benzene rings is 2. The van der Waals surface area contributed by atoms with Gasteiger partial charge in [0, 0.05) is 37.8 Å². The van der Waals surface area contributed by atoms with E-state index in [0.29, 0.717) is 57.3 Å². The molecule has 14 heteroatoms. The number of carbonyl (C=O) groups excluding carboxylic acids is 1. The molecular weight excluding hydrogens is 676 g/mol. The first kappa shape index (κ1) is 38.2. The summed E-state index contributed by atoms with van der Waals surface area (Å²) in [5, 5.41) is 9.94. The van der Waals surface area contributed by atoms with E-state index in [1.807, 2.05) is 42.2 Å². The lowest BCUT2D eigenvalue weighted by atomic mass is 9.86. The number of nitrogens with zero attached hydrogens (tertiary/aromatic N) is 5. The van der Waals surface area contributed by atoms with Crippen LogP contribution in [0.2, 0.25) is 0 Å². The molecule has 0 bridgehead atoms. The molecule has 0 saturated carbocycles. The van der Waals surface area contributed by atoms with E-state index in [9.17, 15) is 36.2 Å². The first-order valence-electron chi connectivity index (χ1n) is 17.3. The van der Waals surface area contributed by atoms with Crippen LogP contribution < -0.4 is 9.80 Å². The van der Waals surface area contributed by atoms with Gasteiger partial charge in [0.05, 0.1) is 35.3 Å². The Morgan fingerprint density at radius 2 is 1.45 bits per heavy atom. The molecule has 0 aliphatic carbocycles. The van der Waals surface area contributed by atoms with Gasteiger partial charge in [-0.25, -0.2) is 14.8 Å². The van der Waals surface area contributed by atoms with Crippen molar-refractivity contribution >= 4 is 17.7 Å². The quantitative estimate of drug-likeness (QED) is 0.235. The summed E-state index contributed by atoms with van der Waals surface area (Å²) >= 11 is 0. The van der Waals surface area contributed by atoms with Gasteiger partial charge in [0.25, 0.3) is 0 Å². The van der Waals surface area contributed by atoms with Crippen LogP contribution in [-0.2, 0) is 30.1 Å². The summed E-state index contributed by atoms with van der Waals surface area (Å²) in [6, 6.07) is 9.90. The summed E-state index contributed by atoms with van der Waals surface area (Å²) in [4.78, 5) is 28.4. The summed E-state index contributed by atoms with van der Waals surface area (Å²) in [5.41, 5.74) is -2.11. The first-order valence-corrected chi connectivity index (χ1v) is 17.3. The van der Waals surface area contributed by atoms with Crippen molar-refractivity contribution in [2.24, 2.45) is 0 Å². The minimum absolute atomic E-state index is 0.122. The Morgan fingerprint density at radius 1 is 0.882 bits per heavy atom. The third-order valence-corrected chi connectivity index (χ3v) is 9.42. The van der Waals surface area contributed by atoms with E-state index < -0.39 is 53.4 Å². The van der Waals surface area contributed by atoms with Crippen molar-refractivity contribution in [1.82, 2.24) is 14.9 Å². The molecule has 0 radical (unpaired) electrons. The number of amides is 1. The number of aliphatic hydroxyl groups excluding tert-OH is 1. The van der Waals surface area contributed by atoms with E-state index in [-0.39, 0.29) is 30.2 Å². The number of ether oxygens (including phenoxy) is 1. The van der Waals surface area contributed by atoms with E-state index in [4.69, 9.17) is 4.74 Å². The second-order valence-electron chi connectivity index (χ2n) is 14.4.